The predicted molar refractivity (Wildman–Crippen MR) is 43.4 cm³/mol. The average Bonchev–Trinajstić information content (AvgIpc) is 2.26. The van der Waals surface area contributed by atoms with Crippen LogP contribution in [0.15, 0.2) is 6.07 Å². The third kappa shape index (κ3) is 2.08. The highest BCUT2D eigenvalue weighted by atomic mass is 16.5. The zero-order chi connectivity index (χ0) is 9.14. The van der Waals surface area contributed by atoms with Crippen molar-refractivity contribution < 1.29 is 9.53 Å². The molecular formula is C8H12N2O2. The van der Waals surface area contributed by atoms with Gasteiger partial charge in [0.05, 0.1) is 11.4 Å². The van der Waals surface area contributed by atoms with E-state index in [0.717, 1.165) is 11.4 Å². The van der Waals surface area contributed by atoms with Gasteiger partial charge < -0.3 is 4.74 Å². The van der Waals surface area contributed by atoms with E-state index in [0.29, 0.717) is 6.61 Å². The number of hydrogen-bond acceptors (Lipinski definition) is 3. The SMILES string of the molecule is CC(=O)OCc1cc(C)nn1C. The molecule has 66 valence electrons. The van der Waals surface area contributed by atoms with Crippen LogP contribution in [0.5, 0.6) is 0 Å². The lowest BCUT2D eigenvalue weighted by Gasteiger charge is -2.00. The molecule has 0 atom stereocenters. The van der Waals surface area contributed by atoms with Gasteiger partial charge in [0.25, 0.3) is 0 Å². The van der Waals surface area contributed by atoms with Crippen molar-refractivity contribution in [3.8, 4) is 0 Å². The van der Waals surface area contributed by atoms with Crippen molar-refractivity contribution >= 4 is 5.97 Å². The molecule has 0 aromatic carbocycles. The van der Waals surface area contributed by atoms with E-state index in [-0.39, 0.29) is 5.97 Å². The largest absolute Gasteiger partial charge is 0.459 e. The summed E-state index contributed by atoms with van der Waals surface area (Å²) in [6.07, 6.45) is 0. The summed E-state index contributed by atoms with van der Waals surface area (Å²) in [6.45, 7) is 3.59. The summed E-state index contributed by atoms with van der Waals surface area (Å²) in [6, 6.07) is 1.89. The molecule has 0 saturated carbocycles. The van der Waals surface area contributed by atoms with Gasteiger partial charge in [0.1, 0.15) is 6.61 Å². The van der Waals surface area contributed by atoms with E-state index >= 15 is 0 Å². The number of esters is 1. The summed E-state index contributed by atoms with van der Waals surface area (Å²) < 4.78 is 6.53. The van der Waals surface area contributed by atoms with E-state index in [1.165, 1.54) is 6.92 Å². The highest BCUT2D eigenvalue weighted by Crippen LogP contribution is 2.02. The number of carbonyl (C=O) groups excluding carboxylic acids is 1. The summed E-state index contributed by atoms with van der Waals surface area (Å²) in [5.41, 5.74) is 1.84. The fraction of sp³-hybridized carbons (Fsp3) is 0.500. The normalized spacial score (nSPS) is 9.92. The Bertz CT molecular complexity index is 291. The molecule has 0 fully saturated rings. The Hall–Kier alpha value is -1.32. The highest BCUT2D eigenvalue weighted by molar-refractivity contribution is 5.65. The summed E-state index contributed by atoms with van der Waals surface area (Å²) in [5.74, 6) is -0.270. The molecule has 0 aliphatic carbocycles. The molecule has 12 heavy (non-hydrogen) atoms. The average molecular weight is 168 g/mol. The van der Waals surface area contributed by atoms with E-state index in [1.54, 1.807) is 4.68 Å². The van der Waals surface area contributed by atoms with Crippen molar-refractivity contribution in [2.24, 2.45) is 7.05 Å². The van der Waals surface area contributed by atoms with Crippen molar-refractivity contribution in [2.75, 3.05) is 0 Å². The van der Waals surface area contributed by atoms with E-state index in [4.69, 9.17) is 4.74 Å². The number of aryl methyl sites for hydroxylation is 2. The second-order valence-electron chi connectivity index (χ2n) is 2.68. The Balaban J connectivity index is 2.62. The lowest BCUT2D eigenvalue weighted by atomic mass is 10.4. The van der Waals surface area contributed by atoms with E-state index in [1.807, 2.05) is 20.0 Å². The third-order valence-electron chi connectivity index (χ3n) is 1.52. The summed E-state index contributed by atoms with van der Waals surface area (Å²) in [4.78, 5) is 10.5. The number of hydrogen-bond donors (Lipinski definition) is 0. The van der Waals surface area contributed by atoms with Gasteiger partial charge in [-0.15, -0.1) is 0 Å². The third-order valence-corrected chi connectivity index (χ3v) is 1.52. The first-order valence-electron chi connectivity index (χ1n) is 3.72. The summed E-state index contributed by atoms with van der Waals surface area (Å²) in [5, 5.41) is 4.11. The second-order valence-corrected chi connectivity index (χ2v) is 2.68. The van der Waals surface area contributed by atoms with Gasteiger partial charge in [-0.3, -0.25) is 9.48 Å². The minimum Gasteiger partial charge on any atom is -0.459 e. The van der Waals surface area contributed by atoms with Crippen LogP contribution in [0.2, 0.25) is 0 Å². The quantitative estimate of drug-likeness (QED) is 0.613. The van der Waals surface area contributed by atoms with Gasteiger partial charge >= 0.3 is 5.97 Å². The highest BCUT2D eigenvalue weighted by Gasteiger charge is 2.02. The number of nitrogens with zero attached hydrogens (tertiary/aromatic N) is 2. The molecule has 0 unspecified atom stereocenters. The van der Waals surface area contributed by atoms with Gasteiger partial charge in [0, 0.05) is 14.0 Å². The molecule has 0 amide bonds. The van der Waals surface area contributed by atoms with Crippen LogP contribution in [0.4, 0.5) is 0 Å². The van der Waals surface area contributed by atoms with Crippen LogP contribution in [0, 0.1) is 6.92 Å². The maximum atomic E-state index is 10.5. The van der Waals surface area contributed by atoms with Crippen LogP contribution in [-0.4, -0.2) is 15.7 Å². The van der Waals surface area contributed by atoms with Gasteiger partial charge in [-0.1, -0.05) is 0 Å². The molecule has 1 aromatic heterocycles. The van der Waals surface area contributed by atoms with Crippen LogP contribution < -0.4 is 0 Å². The summed E-state index contributed by atoms with van der Waals surface area (Å²) in [7, 11) is 1.83. The first kappa shape index (κ1) is 8.77. The number of aromatic nitrogens is 2. The van der Waals surface area contributed by atoms with Crippen molar-refractivity contribution in [1.29, 1.82) is 0 Å². The molecule has 0 aliphatic rings. The van der Waals surface area contributed by atoms with Crippen LogP contribution >= 0.6 is 0 Å². The van der Waals surface area contributed by atoms with Crippen LogP contribution in [-0.2, 0) is 23.2 Å². The van der Waals surface area contributed by atoms with Crippen LogP contribution in [0.3, 0.4) is 0 Å². The van der Waals surface area contributed by atoms with Crippen molar-refractivity contribution in [2.45, 2.75) is 20.5 Å². The van der Waals surface area contributed by atoms with Gasteiger partial charge in [-0.2, -0.15) is 5.10 Å². The summed E-state index contributed by atoms with van der Waals surface area (Å²) >= 11 is 0. The topological polar surface area (TPSA) is 44.1 Å². The molecule has 1 rings (SSSR count). The Morgan fingerprint density at radius 3 is 2.83 bits per heavy atom. The van der Waals surface area contributed by atoms with Gasteiger partial charge in [0.2, 0.25) is 0 Å². The molecule has 0 N–H and O–H groups in total. The molecular weight excluding hydrogens is 156 g/mol. The molecule has 0 saturated heterocycles. The number of ether oxygens (including phenoxy) is 1. The monoisotopic (exact) mass is 168 g/mol. The Morgan fingerprint density at radius 1 is 1.75 bits per heavy atom. The van der Waals surface area contributed by atoms with Crippen molar-refractivity contribution in [1.82, 2.24) is 9.78 Å². The first-order valence-corrected chi connectivity index (χ1v) is 3.72. The fourth-order valence-corrected chi connectivity index (χ4v) is 0.975. The molecule has 0 bridgehead atoms. The second kappa shape index (κ2) is 3.38. The maximum Gasteiger partial charge on any atom is 0.303 e. The minimum absolute atomic E-state index is 0.270. The Labute approximate surface area is 71.1 Å². The molecule has 1 heterocycles. The minimum atomic E-state index is -0.270. The molecule has 4 heteroatoms. The lowest BCUT2D eigenvalue weighted by molar-refractivity contribution is -0.142. The number of rotatable bonds is 2. The smallest absolute Gasteiger partial charge is 0.303 e. The van der Waals surface area contributed by atoms with Crippen LogP contribution in [0.1, 0.15) is 18.3 Å². The fourth-order valence-electron chi connectivity index (χ4n) is 0.975. The molecule has 0 aliphatic heterocycles. The van der Waals surface area contributed by atoms with E-state index in [9.17, 15) is 4.79 Å². The zero-order valence-electron chi connectivity index (χ0n) is 7.50. The van der Waals surface area contributed by atoms with E-state index in [2.05, 4.69) is 5.10 Å². The first-order chi connectivity index (χ1) is 5.59. The van der Waals surface area contributed by atoms with E-state index < -0.39 is 0 Å². The van der Waals surface area contributed by atoms with Gasteiger partial charge in [-0.05, 0) is 13.0 Å². The lowest BCUT2D eigenvalue weighted by Crippen LogP contribution is -2.03. The zero-order valence-corrected chi connectivity index (χ0v) is 7.50. The predicted octanol–water partition coefficient (Wildman–Crippen LogP) is 0.792. The molecule has 4 nitrogen and oxygen atoms in total. The Morgan fingerprint density at radius 2 is 2.42 bits per heavy atom. The maximum absolute atomic E-state index is 10.5. The standard InChI is InChI=1S/C8H12N2O2/c1-6-4-8(10(3)9-6)5-12-7(2)11/h4H,5H2,1-3H3. The molecule has 0 radical (unpaired) electrons. The van der Waals surface area contributed by atoms with Crippen molar-refractivity contribution in [3.05, 3.63) is 17.5 Å². The number of carbonyl (C=O) groups is 1. The van der Waals surface area contributed by atoms with Gasteiger partial charge in [0.15, 0.2) is 0 Å². The van der Waals surface area contributed by atoms with Gasteiger partial charge in [-0.25, -0.2) is 0 Å². The Kier molecular flexibility index (Phi) is 2.47. The van der Waals surface area contributed by atoms with Crippen LogP contribution in [0.25, 0.3) is 0 Å². The molecule has 0 spiro atoms. The van der Waals surface area contributed by atoms with Crippen molar-refractivity contribution in [3.63, 3.8) is 0 Å². The molecule has 1 aromatic rings.